The van der Waals surface area contributed by atoms with Crippen LogP contribution in [0.25, 0.3) is 12.2 Å². The molecule has 0 saturated carbocycles. The Morgan fingerprint density at radius 1 is 1.11 bits per heavy atom. The van der Waals surface area contributed by atoms with Crippen molar-refractivity contribution < 1.29 is 9.53 Å². The van der Waals surface area contributed by atoms with Crippen molar-refractivity contribution in [1.82, 2.24) is 4.98 Å². The molecule has 0 aliphatic carbocycles. The highest BCUT2D eigenvalue weighted by Crippen LogP contribution is 2.21. The average molecular weight is 379 g/mol. The minimum atomic E-state index is -0.228. The van der Waals surface area contributed by atoms with Gasteiger partial charge in [0.05, 0.1) is 5.69 Å². The maximum absolute atomic E-state index is 12.1. The number of nitrogens with zero attached hydrogens (tertiary/aromatic N) is 1. The van der Waals surface area contributed by atoms with E-state index < -0.39 is 0 Å². The molecule has 0 radical (unpaired) electrons. The number of aryl methyl sites for hydroxylation is 1. The number of anilines is 1. The largest absolute Gasteiger partial charge is 0.484 e. The quantitative estimate of drug-likeness (QED) is 0.638. The molecule has 4 nitrogen and oxygen atoms in total. The number of aromatic nitrogens is 1. The molecule has 2 aromatic carbocycles. The van der Waals surface area contributed by atoms with Crippen LogP contribution in [0, 0.1) is 6.92 Å². The van der Waals surface area contributed by atoms with Crippen LogP contribution >= 0.6 is 11.6 Å². The van der Waals surface area contributed by atoms with E-state index >= 15 is 0 Å². The lowest BCUT2D eigenvalue weighted by atomic mass is 10.1. The molecular weight excluding hydrogens is 360 g/mol. The second kappa shape index (κ2) is 9.01. The highest BCUT2D eigenvalue weighted by Gasteiger charge is 2.05. The van der Waals surface area contributed by atoms with Gasteiger partial charge in [-0.2, -0.15) is 0 Å². The van der Waals surface area contributed by atoms with Crippen molar-refractivity contribution in [2.45, 2.75) is 6.92 Å². The Morgan fingerprint density at radius 2 is 2.00 bits per heavy atom. The molecule has 0 bridgehead atoms. The molecule has 3 aromatic rings. The van der Waals surface area contributed by atoms with Crippen LogP contribution in [-0.4, -0.2) is 17.5 Å². The van der Waals surface area contributed by atoms with Crippen molar-refractivity contribution in [1.29, 1.82) is 0 Å². The van der Waals surface area contributed by atoms with E-state index in [1.807, 2.05) is 61.5 Å². The number of hydrogen-bond donors (Lipinski definition) is 1. The monoisotopic (exact) mass is 378 g/mol. The number of carbonyl (C=O) groups excluding carboxylic acids is 1. The van der Waals surface area contributed by atoms with Crippen molar-refractivity contribution in [3.63, 3.8) is 0 Å². The zero-order valence-electron chi connectivity index (χ0n) is 14.9. The summed E-state index contributed by atoms with van der Waals surface area (Å²) in [5, 5.41) is 3.51. The summed E-state index contributed by atoms with van der Waals surface area (Å²) in [6.45, 7) is 1.81. The lowest BCUT2D eigenvalue weighted by molar-refractivity contribution is -0.118. The van der Waals surface area contributed by atoms with Crippen molar-refractivity contribution in [2.75, 3.05) is 11.9 Å². The van der Waals surface area contributed by atoms with Gasteiger partial charge in [-0.15, -0.1) is 0 Å². The van der Waals surface area contributed by atoms with Crippen molar-refractivity contribution >= 4 is 35.3 Å². The first-order valence-corrected chi connectivity index (χ1v) is 8.86. The summed E-state index contributed by atoms with van der Waals surface area (Å²) in [6, 6.07) is 18.6. The molecule has 0 atom stereocenters. The number of hydrogen-bond acceptors (Lipinski definition) is 3. The van der Waals surface area contributed by atoms with Gasteiger partial charge in [0.15, 0.2) is 6.61 Å². The molecule has 0 saturated heterocycles. The molecule has 1 aromatic heterocycles. The van der Waals surface area contributed by atoms with Crippen LogP contribution in [0.3, 0.4) is 0 Å². The second-order valence-corrected chi connectivity index (χ2v) is 6.37. The third kappa shape index (κ3) is 5.69. The summed E-state index contributed by atoms with van der Waals surface area (Å²) >= 11 is 5.99. The van der Waals surface area contributed by atoms with E-state index in [4.69, 9.17) is 16.3 Å². The number of rotatable bonds is 6. The van der Waals surface area contributed by atoms with Crippen molar-refractivity contribution in [3.8, 4) is 5.75 Å². The minimum Gasteiger partial charge on any atom is -0.484 e. The maximum atomic E-state index is 12.1. The van der Waals surface area contributed by atoms with E-state index in [1.54, 1.807) is 24.4 Å². The maximum Gasteiger partial charge on any atom is 0.262 e. The molecule has 0 aliphatic rings. The normalized spacial score (nSPS) is 10.7. The van der Waals surface area contributed by atoms with Gasteiger partial charge in [0, 0.05) is 16.9 Å². The zero-order valence-corrected chi connectivity index (χ0v) is 15.6. The van der Waals surface area contributed by atoms with E-state index in [2.05, 4.69) is 10.3 Å². The fourth-order valence-electron chi connectivity index (χ4n) is 2.43. The third-order valence-corrected chi connectivity index (χ3v) is 4.23. The van der Waals surface area contributed by atoms with Crippen LogP contribution in [0.15, 0.2) is 66.9 Å². The number of halogens is 1. The number of amides is 1. The van der Waals surface area contributed by atoms with Crippen LogP contribution in [0.1, 0.15) is 16.8 Å². The minimum absolute atomic E-state index is 0.0743. The molecule has 1 N–H and O–H groups in total. The van der Waals surface area contributed by atoms with Gasteiger partial charge in [-0.05, 0) is 66.6 Å². The number of carbonyl (C=O) groups is 1. The van der Waals surface area contributed by atoms with Crippen LogP contribution in [0.4, 0.5) is 5.69 Å². The smallest absolute Gasteiger partial charge is 0.262 e. The fraction of sp³-hybridized carbons (Fsp3) is 0.0909. The van der Waals surface area contributed by atoms with Gasteiger partial charge >= 0.3 is 0 Å². The SMILES string of the molecule is Cc1cc(OCC(=O)Nc2cccc(/C=C/c3ccccn3)c2)ccc1Cl. The summed E-state index contributed by atoms with van der Waals surface area (Å²) in [4.78, 5) is 16.4. The van der Waals surface area contributed by atoms with Gasteiger partial charge in [-0.25, -0.2) is 0 Å². The molecule has 1 amide bonds. The fourth-order valence-corrected chi connectivity index (χ4v) is 2.55. The number of benzene rings is 2. The van der Waals surface area contributed by atoms with Crippen LogP contribution in [-0.2, 0) is 4.79 Å². The Hall–Kier alpha value is -3.11. The Balaban J connectivity index is 1.57. The van der Waals surface area contributed by atoms with Crippen LogP contribution < -0.4 is 10.1 Å². The highest BCUT2D eigenvalue weighted by atomic mass is 35.5. The summed E-state index contributed by atoms with van der Waals surface area (Å²) in [5.74, 6) is 0.382. The van der Waals surface area contributed by atoms with Crippen molar-refractivity contribution in [2.24, 2.45) is 0 Å². The Labute approximate surface area is 163 Å². The Morgan fingerprint density at radius 3 is 2.78 bits per heavy atom. The van der Waals surface area contributed by atoms with Crippen molar-refractivity contribution in [3.05, 3.63) is 88.7 Å². The van der Waals surface area contributed by atoms with Gasteiger partial charge in [0.1, 0.15) is 5.75 Å². The van der Waals surface area contributed by atoms with Gasteiger partial charge in [0.25, 0.3) is 5.91 Å². The molecule has 0 spiro atoms. The van der Waals surface area contributed by atoms with E-state index in [0.29, 0.717) is 16.5 Å². The number of nitrogens with one attached hydrogen (secondary N) is 1. The van der Waals surface area contributed by atoms with Crippen LogP contribution in [0.5, 0.6) is 5.75 Å². The van der Waals surface area contributed by atoms with Gasteiger partial charge in [-0.1, -0.05) is 35.9 Å². The van der Waals surface area contributed by atoms with E-state index in [-0.39, 0.29) is 12.5 Å². The summed E-state index contributed by atoms with van der Waals surface area (Å²) in [6.07, 6.45) is 5.62. The van der Waals surface area contributed by atoms with Gasteiger partial charge in [-0.3, -0.25) is 9.78 Å². The lowest BCUT2D eigenvalue weighted by Gasteiger charge is -2.09. The summed E-state index contributed by atoms with van der Waals surface area (Å²) < 4.78 is 5.52. The Bertz CT molecular complexity index is 956. The molecule has 1 heterocycles. The van der Waals surface area contributed by atoms with E-state index in [1.165, 1.54) is 0 Å². The first-order valence-electron chi connectivity index (χ1n) is 8.48. The lowest BCUT2D eigenvalue weighted by Crippen LogP contribution is -2.20. The molecule has 3 rings (SSSR count). The number of pyridine rings is 1. The molecule has 0 aliphatic heterocycles. The molecule has 136 valence electrons. The second-order valence-electron chi connectivity index (χ2n) is 5.96. The summed E-state index contributed by atoms with van der Waals surface area (Å²) in [7, 11) is 0. The van der Waals surface area contributed by atoms with Gasteiger partial charge in [0.2, 0.25) is 0 Å². The first kappa shape index (κ1) is 18.7. The van der Waals surface area contributed by atoms with E-state index in [0.717, 1.165) is 16.8 Å². The topological polar surface area (TPSA) is 51.2 Å². The first-order chi connectivity index (χ1) is 13.1. The number of ether oxygens (including phenoxy) is 1. The average Bonchev–Trinajstić information content (AvgIpc) is 2.68. The van der Waals surface area contributed by atoms with E-state index in [9.17, 15) is 4.79 Å². The molecule has 5 heteroatoms. The Kier molecular flexibility index (Phi) is 6.23. The predicted octanol–water partition coefficient (Wildman–Crippen LogP) is 5.23. The predicted molar refractivity (Wildman–Crippen MR) is 110 cm³/mol. The molecular formula is C22H19ClN2O2. The summed E-state index contributed by atoms with van der Waals surface area (Å²) in [5.41, 5.74) is 3.45. The van der Waals surface area contributed by atoms with Crippen LogP contribution in [0.2, 0.25) is 5.02 Å². The van der Waals surface area contributed by atoms with Gasteiger partial charge < -0.3 is 10.1 Å². The highest BCUT2D eigenvalue weighted by molar-refractivity contribution is 6.31. The third-order valence-electron chi connectivity index (χ3n) is 3.80. The molecule has 0 fully saturated rings. The standard InChI is InChI=1S/C22H19ClN2O2/c1-16-13-20(10-11-21(16)23)27-15-22(26)25-19-7-4-5-17(14-19)8-9-18-6-2-3-12-24-18/h2-14H,15H2,1H3,(H,25,26)/b9-8+. The molecule has 27 heavy (non-hydrogen) atoms. The molecule has 0 unspecified atom stereocenters. The zero-order chi connectivity index (χ0) is 19.1.